The smallest absolute Gasteiger partial charge is 0.260 e. The van der Waals surface area contributed by atoms with Gasteiger partial charge in [-0.1, -0.05) is 0 Å². The van der Waals surface area contributed by atoms with Gasteiger partial charge in [-0.2, -0.15) is 0 Å². The summed E-state index contributed by atoms with van der Waals surface area (Å²) in [6.07, 6.45) is 1.62. The molecule has 0 unspecified atom stereocenters. The lowest BCUT2D eigenvalue weighted by Gasteiger charge is -2.07. The van der Waals surface area contributed by atoms with Crippen molar-refractivity contribution in [1.29, 1.82) is 0 Å². The topological polar surface area (TPSA) is 62.2 Å². The van der Waals surface area contributed by atoms with Gasteiger partial charge >= 0.3 is 0 Å². The minimum atomic E-state index is -0.371. The highest BCUT2D eigenvalue weighted by atomic mass is 127. The van der Waals surface area contributed by atoms with E-state index in [0.29, 0.717) is 5.82 Å². The molecule has 1 heterocycles. The Bertz CT molecular complexity index is 599. The van der Waals surface area contributed by atoms with Gasteiger partial charge in [0.05, 0.1) is 5.56 Å². The van der Waals surface area contributed by atoms with E-state index in [9.17, 15) is 9.90 Å². The maximum Gasteiger partial charge on any atom is 0.260 e. The van der Waals surface area contributed by atoms with Crippen LogP contribution in [0, 0.1) is 10.5 Å². The number of nitrogens with zero attached hydrogens (tertiary/aromatic N) is 1. The highest BCUT2D eigenvalue weighted by Gasteiger charge is 2.12. The normalized spacial score (nSPS) is 10.1. The van der Waals surface area contributed by atoms with Crippen LogP contribution >= 0.6 is 22.6 Å². The molecule has 0 saturated carbocycles. The molecule has 2 N–H and O–H groups in total. The molecule has 4 nitrogen and oxygen atoms in total. The monoisotopic (exact) mass is 354 g/mol. The molecule has 92 valence electrons. The second-order valence-corrected chi connectivity index (χ2v) is 5.08. The average molecular weight is 354 g/mol. The fourth-order valence-corrected chi connectivity index (χ4v) is 1.97. The van der Waals surface area contributed by atoms with Gasteiger partial charge in [0.25, 0.3) is 5.91 Å². The van der Waals surface area contributed by atoms with Crippen LogP contribution in [0.25, 0.3) is 0 Å². The minimum Gasteiger partial charge on any atom is -0.507 e. The average Bonchev–Trinajstić information content (AvgIpc) is 2.32. The Labute approximate surface area is 118 Å². The quantitative estimate of drug-likeness (QED) is 0.816. The van der Waals surface area contributed by atoms with E-state index < -0.39 is 0 Å². The summed E-state index contributed by atoms with van der Waals surface area (Å²) < 4.78 is 0.882. The van der Waals surface area contributed by atoms with Gasteiger partial charge in [-0.25, -0.2) is 4.98 Å². The predicted octanol–water partition coefficient (Wildman–Crippen LogP) is 2.95. The van der Waals surface area contributed by atoms with E-state index in [1.54, 1.807) is 24.4 Å². The Hall–Kier alpha value is -1.63. The molecule has 0 aliphatic heterocycles. The number of halogens is 1. The van der Waals surface area contributed by atoms with Crippen molar-refractivity contribution in [3.63, 3.8) is 0 Å². The first-order chi connectivity index (χ1) is 8.56. The number of aromatic nitrogens is 1. The molecule has 0 radical (unpaired) electrons. The number of nitrogens with one attached hydrogen (secondary N) is 1. The van der Waals surface area contributed by atoms with E-state index in [1.165, 1.54) is 6.07 Å². The third-order valence-corrected chi connectivity index (χ3v) is 3.03. The molecular weight excluding hydrogens is 343 g/mol. The van der Waals surface area contributed by atoms with E-state index >= 15 is 0 Å². The molecule has 0 fully saturated rings. The first-order valence-corrected chi connectivity index (χ1v) is 6.36. The number of aromatic hydroxyl groups is 1. The molecular formula is C13H11IN2O2. The fourth-order valence-electron chi connectivity index (χ4n) is 1.48. The van der Waals surface area contributed by atoms with Crippen LogP contribution in [0.15, 0.2) is 36.5 Å². The molecule has 1 amide bonds. The predicted molar refractivity (Wildman–Crippen MR) is 77.8 cm³/mol. The minimum absolute atomic E-state index is 0.0411. The van der Waals surface area contributed by atoms with Crippen LogP contribution in [-0.4, -0.2) is 16.0 Å². The zero-order valence-corrected chi connectivity index (χ0v) is 11.8. The maximum absolute atomic E-state index is 12.0. The van der Waals surface area contributed by atoms with Crippen LogP contribution < -0.4 is 5.32 Å². The van der Waals surface area contributed by atoms with Gasteiger partial charge in [-0.3, -0.25) is 4.79 Å². The van der Waals surface area contributed by atoms with Gasteiger partial charge in [0, 0.05) is 9.77 Å². The molecule has 0 spiro atoms. The maximum atomic E-state index is 12.0. The lowest BCUT2D eigenvalue weighted by atomic mass is 10.2. The largest absolute Gasteiger partial charge is 0.507 e. The fraction of sp³-hybridized carbons (Fsp3) is 0.0769. The number of benzene rings is 1. The second kappa shape index (κ2) is 5.34. The first kappa shape index (κ1) is 12.8. The van der Waals surface area contributed by atoms with E-state index in [-0.39, 0.29) is 17.2 Å². The van der Waals surface area contributed by atoms with Crippen LogP contribution in [0.3, 0.4) is 0 Å². The molecule has 0 aliphatic rings. The summed E-state index contributed by atoms with van der Waals surface area (Å²) in [6.45, 7) is 1.92. The molecule has 0 aliphatic carbocycles. The highest BCUT2D eigenvalue weighted by molar-refractivity contribution is 14.1. The third-order valence-electron chi connectivity index (χ3n) is 2.36. The molecule has 0 bridgehead atoms. The molecule has 0 atom stereocenters. The lowest BCUT2D eigenvalue weighted by Crippen LogP contribution is -2.13. The zero-order chi connectivity index (χ0) is 13.1. The van der Waals surface area contributed by atoms with Crippen molar-refractivity contribution < 1.29 is 9.90 Å². The van der Waals surface area contributed by atoms with E-state index in [0.717, 1.165) is 9.13 Å². The van der Waals surface area contributed by atoms with Crippen LogP contribution in [0.1, 0.15) is 15.9 Å². The summed E-state index contributed by atoms with van der Waals surface area (Å²) in [5.41, 5.74) is 1.25. The van der Waals surface area contributed by atoms with Gasteiger partial charge in [0.2, 0.25) is 0 Å². The van der Waals surface area contributed by atoms with Crippen molar-refractivity contribution in [3.05, 3.63) is 51.2 Å². The summed E-state index contributed by atoms with van der Waals surface area (Å²) in [5.74, 6) is 0.0583. The number of phenolic OH excluding ortho intramolecular Hbond substituents is 1. The van der Waals surface area contributed by atoms with E-state index in [1.807, 2.05) is 13.0 Å². The van der Waals surface area contributed by atoms with Crippen LogP contribution in [0.2, 0.25) is 0 Å². The molecule has 1 aromatic carbocycles. The lowest BCUT2D eigenvalue weighted by molar-refractivity contribution is 0.102. The molecule has 2 aromatic rings. The molecule has 5 heteroatoms. The van der Waals surface area contributed by atoms with Crippen LogP contribution in [0.5, 0.6) is 5.75 Å². The molecule has 18 heavy (non-hydrogen) atoms. The van der Waals surface area contributed by atoms with Gasteiger partial charge < -0.3 is 10.4 Å². The number of carbonyl (C=O) groups is 1. The number of anilines is 1. The summed E-state index contributed by atoms with van der Waals surface area (Å²) in [5, 5.41) is 12.3. The van der Waals surface area contributed by atoms with Gasteiger partial charge in [0.1, 0.15) is 11.6 Å². The van der Waals surface area contributed by atoms with Crippen molar-refractivity contribution in [2.75, 3.05) is 5.32 Å². The highest BCUT2D eigenvalue weighted by Crippen LogP contribution is 2.20. The SMILES string of the molecule is Cc1ccnc(NC(=O)c2cc(I)ccc2O)c1. The molecule has 1 aromatic heterocycles. The number of amides is 1. The van der Waals surface area contributed by atoms with Crippen LogP contribution in [0.4, 0.5) is 5.82 Å². The summed E-state index contributed by atoms with van der Waals surface area (Å²) in [4.78, 5) is 16.0. The number of hydrogen-bond acceptors (Lipinski definition) is 3. The number of carbonyl (C=O) groups excluding carboxylic acids is 1. The Balaban J connectivity index is 2.24. The number of hydrogen-bond donors (Lipinski definition) is 2. The van der Waals surface area contributed by atoms with Crippen molar-refractivity contribution in [2.24, 2.45) is 0 Å². The summed E-state index contributed by atoms with van der Waals surface area (Å²) in [6, 6.07) is 8.47. The summed E-state index contributed by atoms with van der Waals surface area (Å²) in [7, 11) is 0. The van der Waals surface area contributed by atoms with Crippen molar-refractivity contribution in [2.45, 2.75) is 6.92 Å². The van der Waals surface area contributed by atoms with E-state index in [2.05, 4.69) is 32.9 Å². The van der Waals surface area contributed by atoms with Crippen molar-refractivity contribution in [3.8, 4) is 5.75 Å². The first-order valence-electron chi connectivity index (χ1n) is 5.29. The number of rotatable bonds is 2. The second-order valence-electron chi connectivity index (χ2n) is 3.83. The molecule has 0 saturated heterocycles. The Kier molecular flexibility index (Phi) is 3.81. The summed E-state index contributed by atoms with van der Waals surface area (Å²) >= 11 is 2.09. The zero-order valence-electron chi connectivity index (χ0n) is 9.64. The van der Waals surface area contributed by atoms with Crippen molar-refractivity contribution in [1.82, 2.24) is 4.98 Å². The van der Waals surface area contributed by atoms with Crippen molar-refractivity contribution >= 4 is 34.3 Å². The van der Waals surface area contributed by atoms with Crippen LogP contribution in [-0.2, 0) is 0 Å². The Morgan fingerprint density at radius 3 is 2.83 bits per heavy atom. The number of phenols is 1. The van der Waals surface area contributed by atoms with E-state index in [4.69, 9.17) is 0 Å². The van der Waals surface area contributed by atoms with Gasteiger partial charge in [-0.15, -0.1) is 0 Å². The Morgan fingerprint density at radius 2 is 2.11 bits per heavy atom. The standard InChI is InChI=1S/C13H11IN2O2/c1-8-4-5-15-12(6-8)16-13(18)10-7-9(14)2-3-11(10)17/h2-7,17H,1H3,(H,15,16,18). The van der Waals surface area contributed by atoms with Gasteiger partial charge in [-0.05, 0) is 65.4 Å². The van der Waals surface area contributed by atoms with Gasteiger partial charge in [0.15, 0.2) is 0 Å². The Morgan fingerprint density at radius 1 is 1.33 bits per heavy atom. The number of aryl methyl sites for hydroxylation is 1. The third kappa shape index (κ3) is 2.98. The molecule has 2 rings (SSSR count). The number of pyridine rings is 1.